The Morgan fingerprint density at radius 1 is 1.32 bits per heavy atom. The largest absolute Gasteiger partial charge is 0.399 e. The molecule has 104 valence electrons. The molecule has 1 aliphatic rings. The molecular weight excluding hydrogens is 264 g/mol. The van der Waals surface area contributed by atoms with Crippen LogP contribution in [0.3, 0.4) is 0 Å². The molecule has 0 saturated carbocycles. The highest BCUT2D eigenvalue weighted by Crippen LogP contribution is 2.29. The molecule has 0 saturated heterocycles. The van der Waals surface area contributed by atoms with Crippen molar-refractivity contribution in [1.29, 1.82) is 0 Å². The number of aryl methyl sites for hydroxylation is 1. The molecule has 0 unspecified atom stereocenters. The molecular formula is C13H18N2O3S. The molecule has 0 aromatic heterocycles. The maximum atomic E-state index is 11.9. The predicted molar refractivity (Wildman–Crippen MR) is 75.9 cm³/mol. The third-order valence-corrected chi connectivity index (χ3v) is 5.05. The van der Waals surface area contributed by atoms with Crippen molar-refractivity contribution >= 4 is 27.1 Å². The molecule has 1 aliphatic heterocycles. The Balaban J connectivity index is 2.24. The van der Waals surface area contributed by atoms with Gasteiger partial charge in [-0.1, -0.05) is 6.92 Å². The molecule has 1 aromatic carbocycles. The second-order valence-electron chi connectivity index (χ2n) is 4.67. The molecule has 0 spiro atoms. The van der Waals surface area contributed by atoms with Crippen molar-refractivity contribution < 1.29 is 13.2 Å². The minimum absolute atomic E-state index is 0.000936. The van der Waals surface area contributed by atoms with Crippen LogP contribution in [0.25, 0.3) is 0 Å². The lowest BCUT2D eigenvalue weighted by Crippen LogP contribution is -2.38. The maximum Gasteiger partial charge on any atom is 0.227 e. The van der Waals surface area contributed by atoms with Gasteiger partial charge in [0.1, 0.15) is 0 Å². The number of carbonyl (C=O) groups is 1. The number of sulfone groups is 1. The van der Waals surface area contributed by atoms with Crippen molar-refractivity contribution in [3.05, 3.63) is 23.8 Å². The van der Waals surface area contributed by atoms with E-state index in [0.717, 1.165) is 11.3 Å². The van der Waals surface area contributed by atoms with E-state index in [4.69, 9.17) is 5.73 Å². The number of hydrogen-bond donors (Lipinski definition) is 1. The van der Waals surface area contributed by atoms with E-state index >= 15 is 0 Å². The van der Waals surface area contributed by atoms with Gasteiger partial charge in [-0.15, -0.1) is 0 Å². The van der Waals surface area contributed by atoms with E-state index in [1.165, 1.54) is 0 Å². The van der Waals surface area contributed by atoms with E-state index in [0.29, 0.717) is 18.5 Å². The summed E-state index contributed by atoms with van der Waals surface area (Å²) < 4.78 is 23.1. The van der Waals surface area contributed by atoms with Gasteiger partial charge in [0.15, 0.2) is 9.84 Å². The number of nitrogen functional groups attached to an aromatic ring is 1. The molecule has 0 radical (unpaired) electrons. The Labute approximate surface area is 113 Å². The van der Waals surface area contributed by atoms with Gasteiger partial charge in [0, 0.05) is 30.1 Å². The Hall–Kier alpha value is -1.56. The van der Waals surface area contributed by atoms with Gasteiger partial charge in [-0.2, -0.15) is 0 Å². The van der Waals surface area contributed by atoms with Gasteiger partial charge in [0.2, 0.25) is 5.91 Å². The first kappa shape index (κ1) is 13.9. The number of nitrogens with two attached hydrogens (primary N) is 1. The van der Waals surface area contributed by atoms with Crippen LogP contribution in [0.1, 0.15) is 18.9 Å². The van der Waals surface area contributed by atoms with Crippen LogP contribution in [-0.2, 0) is 21.1 Å². The molecule has 1 heterocycles. The summed E-state index contributed by atoms with van der Waals surface area (Å²) in [5.41, 5.74) is 8.19. The fourth-order valence-electron chi connectivity index (χ4n) is 2.20. The number of benzene rings is 1. The SMILES string of the molecule is CCS(=O)(=O)CCN1C(=O)CCc2cc(N)ccc21. The summed E-state index contributed by atoms with van der Waals surface area (Å²) in [5, 5.41) is 0. The third kappa shape index (κ3) is 3.07. The van der Waals surface area contributed by atoms with E-state index in [1.807, 2.05) is 6.07 Å². The van der Waals surface area contributed by atoms with Crippen LogP contribution in [0, 0.1) is 0 Å². The van der Waals surface area contributed by atoms with E-state index < -0.39 is 9.84 Å². The molecule has 0 aliphatic carbocycles. The van der Waals surface area contributed by atoms with Crippen LogP contribution in [0.4, 0.5) is 11.4 Å². The topological polar surface area (TPSA) is 80.5 Å². The van der Waals surface area contributed by atoms with Crippen LogP contribution in [0.5, 0.6) is 0 Å². The summed E-state index contributed by atoms with van der Waals surface area (Å²) in [6.45, 7) is 1.83. The molecule has 5 nitrogen and oxygen atoms in total. The van der Waals surface area contributed by atoms with E-state index in [2.05, 4.69) is 0 Å². The zero-order valence-corrected chi connectivity index (χ0v) is 11.7. The first-order chi connectivity index (χ1) is 8.93. The van der Waals surface area contributed by atoms with Gasteiger partial charge in [-0.25, -0.2) is 8.42 Å². The monoisotopic (exact) mass is 282 g/mol. The average Bonchev–Trinajstić information content (AvgIpc) is 2.38. The minimum Gasteiger partial charge on any atom is -0.399 e. The van der Waals surface area contributed by atoms with Crippen LogP contribution in [0.2, 0.25) is 0 Å². The van der Waals surface area contributed by atoms with Crippen molar-refractivity contribution in [3.8, 4) is 0 Å². The van der Waals surface area contributed by atoms with E-state index in [1.54, 1.807) is 24.0 Å². The van der Waals surface area contributed by atoms with Gasteiger partial charge >= 0.3 is 0 Å². The number of amides is 1. The van der Waals surface area contributed by atoms with Gasteiger partial charge in [-0.3, -0.25) is 4.79 Å². The van der Waals surface area contributed by atoms with Crippen molar-refractivity contribution in [2.24, 2.45) is 0 Å². The lowest BCUT2D eigenvalue weighted by atomic mass is 10.0. The fraction of sp³-hybridized carbons (Fsp3) is 0.462. The Kier molecular flexibility index (Phi) is 3.80. The molecule has 6 heteroatoms. The second kappa shape index (κ2) is 5.21. The maximum absolute atomic E-state index is 11.9. The first-order valence-corrected chi connectivity index (χ1v) is 8.14. The van der Waals surface area contributed by atoms with Crippen molar-refractivity contribution in [1.82, 2.24) is 0 Å². The molecule has 19 heavy (non-hydrogen) atoms. The second-order valence-corrected chi connectivity index (χ2v) is 7.14. The highest BCUT2D eigenvalue weighted by atomic mass is 32.2. The van der Waals surface area contributed by atoms with Crippen LogP contribution in [-0.4, -0.2) is 32.4 Å². The fourth-order valence-corrected chi connectivity index (χ4v) is 2.95. The highest BCUT2D eigenvalue weighted by Gasteiger charge is 2.25. The highest BCUT2D eigenvalue weighted by molar-refractivity contribution is 7.91. The molecule has 0 atom stereocenters. The summed E-state index contributed by atoms with van der Waals surface area (Å²) in [7, 11) is -3.07. The van der Waals surface area contributed by atoms with Gasteiger partial charge in [0.25, 0.3) is 0 Å². The third-order valence-electron chi connectivity index (χ3n) is 3.37. The summed E-state index contributed by atoms with van der Waals surface area (Å²) in [5.74, 6) is 0.0754. The lowest BCUT2D eigenvalue weighted by molar-refractivity contribution is -0.118. The Bertz CT molecular complexity index is 596. The quantitative estimate of drug-likeness (QED) is 0.835. The Morgan fingerprint density at radius 3 is 2.74 bits per heavy atom. The standard InChI is InChI=1S/C13H18N2O3S/c1-2-19(17,18)8-7-15-12-5-4-11(14)9-10(12)3-6-13(15)16/h4-5,9H,2-3,6-8,14H2,1H3. The zero-order valence-electron chi connectivity index (χ0n) is 10.9. The van der Waals surface area contributed by atoms with E-state index in [-0.39, 0.29) is 24.0 Å². The van der Waals surface area contributed by atoms with Crippen LogP contribution < -0.4 is 10.6 Å². The summed E-state index contributed by atoms with van der Waals surface area (Å²) in [6, 6.07) is 5.38. The van der Waals surface area contributed by atoms with Crippen LogP contribution in [0.15, 0.2) is 18.2 Å². The van der Waals surface area contributed by atoms with Gasteiger partial charge < -0.3 is 10.6 Å². The number of hydrogen-bond acceptors (Lipinski definition) is 4. The molecule has 2 rings (SSSR count). The van der Waals surface area contributed by atoms with Crippen molar-refractivity contribution in [2.75, 3.05) is 28.7 Å². The molecule has 1 amide bonds. The number of nitrogens with zero attached hydrogens (tertiary/aromatic N) is 1. The summed E-state index contributed by atoms with van der Waals surface area (Å²) in [6.07, 6.45) is 1.07. The summed E-state index contributed by atoms with van der Waals surface area (Å²) in [4.78, 5) is 13.5. The number of fused-ring (bicyclic) bond motifs is 1. The molecule has 2 N–H and O–H groups in total. The summed E-state index contributed by atoms with van der Waals surface area (Å²) >= 11 is 0. The first-order valence-electron chi connectivity index (χ1n) is 6.32. The molecule has 1 aromatic rings. The van der Waals surface area contributed by atoms with E-state index in [9.17, 15) is 13.2 Å². The Morgan fingerprint density at radius 2 is 2.05 bits per heavy atom. The predicted octanol–water partition coefficient (Wildman–Crippen LogP) is 0.983. The van der Waals surface area contributed by atoms with Gasteiger partial charge in [-0.05, 0) is 30.2 Å². The van der Waals surface area contributed by atoms with Crippen molar-refractivity contribution in [3.63, 3.8) is 0 Å². The van der Waals surface area contributed by atoms with Crippen LogP contribution >= 0.6 is 0 Å². The number of anilines is 2. The molecule has 0 bridgehead atoms. The minimum atomic E-state index is -3.07. The smallest absolute Gasteiger partial charge is 0.227 e. The normalized spacial score (nSPS) is 15.4. The lowest BCUT2D eigenvalue weighted by Gasteiger charge is -2.29. The average molecular weight is 282 g/mol. The number of carbonyl (C=O) groups excluding carboxylic acids is 1. The molecule has 0 fully saturated rings. The van der Waals surface area contributed by atoms with Gasteiger partial charge in [0.05, 0.1) is 5.75 Å². The zero-order chi connectivity index (χ0) is 14.0. The van der Waals surface area contributed by atoms with Crippen molar-refractivity contribution in [2.45, 2.75) is 19.8 Å². The number of rotatable bonds is 4.